The molecule has 0 radical (unpaired) electrons. The van der Waals surface area contributed by atoms with E-state index in [1.807, 2.05) is 13.8 Å². The highest BCUT2D eigenvalue weighted by molar-refractivity contribution is 7.11. The Morgan fingerprint density at radius 3 is 2.28 bits per heavy atom. The van der Waals surface area contributed by atoms with Crippen LogP contribution in [-0.4, -0.2) is 28.9 Å². The monoisotopic (exact) mass is 269 g/mol. The van der Waals surface area contributed by atoms with Crippen LogP contribution in [0.2, 0.25) is 0 Å². The smallest absolute Gasteiger partial charge is 0.239 e. The van der Waals surface area contributed by atoms with Gasteiger partial charge in [0.05, 0.1) is 22.8 Å². The zero-order valence-corrected chi connectivity index (χ0v) is 12.8. The lowest BCUT2D eigenvalue weighted by Crippen LogP contribution is -2.40. The van der Waals surface area contributed by atoms with Gasteiger partial charge in [0.25, 0.3) is 0 Å². The fourth-order valence-electron chi connectivity index (χ4n) is 1.75. The third-order valence-electron chi connectivity index (χ3n) is 3.04. The van der Waals surface area contributed by atoms with Gasteiger partial charge in [-0.2, -0.15) is 0 Å². The van der Waals surface area contributed by atoms with Crippen LogP contribution in [-0.2, 0) is 4.79 Å². The Morgan fingerprint density at radius 2 is 1.89 bits per heavy atom. The fraction of sp³-hybridized carbons (Fsp3) is 0.692. The highest BCUT2D eigenvalue weighted by atomic mass is 32.1. The van der Waals surface area contributed by atoms with Crippen LogP contribution in [0.1, 0.15) is 55.2 Å². The third-order valence-corrected chi connectivity index (χ3v) is 4.67. The number of hydrogen-bond donors (Lipinski definition) is 1. The van der Waals surface area contributed by atoms with Crippen molar-refractivity contribution in [1.82, 2.24) is 9.88 Å². The molecule has 0 aliphatic rings. The zero-order chi connectivity index (χ0) is 14.0. The summed E-state index contributed by atoms with van der Waals surface area (Å²) in [6.45, 7) is 9.99. The van der Waals surface area contributed by atoms with Gasteiger partial charge in [0, 0.05) is 17.8 Å². The number of nitrogens with two attached hydrogens (primary N) is 1. The number of rotatable bonds is 4. The van der Waals surface area contributed by atoms with Crippen molar-refractivity contribution in [3.8, 4) is 0 Å². The van der Waals surface area contributed by atoms with E-state index in [9.17, 15) is 4.79 Å². The maximum atomic E-state index is 11.9. The number of carbonyl (C=O) groups excluding carboxylic acids is 1. The number of amides is 1. The molecule has 0 fully saturated rings. The average Bonchev–Trinajstić information content (AvgIpc) is 2.68. The summed E-state index contributed by atoms with van der Waals surface area (Å²) >= 11 is 1.69. The molecule has 0 saturated carbocycles. The fourth-order valence-corrected chi connectivity index (χ4v) is 2.92. The molecule has 18 heavy (non-hydrogen) atoms. The van der Waals surface area contributed by atoms with E-state index in [0.29, 0.717) is 5.92 Å². The van der Waals surface area contributed by atoms with Crippen molar-refractivity contribution < 1.29 is 4.79 Å². The Balaban J connectivity index is 2.96. The Morgan fingerprint density at radius 1 is 1.33 bits per heavy atom. The summed E-state index contributed by atoms with van der Waals surface area (Å²) in [7, 11) is 1.80. The van der Waals surface area contributed by atoms with Gasteiger partial charge in [0.15, 0.2) is 0 Å². The first kappa shape index (κ1) is 15.1. The van der Waals surface area contributed by atoms with Crippen LogP contribution in [0, 0.1) is 6.92 Å². The van der Waals surface area contributed by atoms with Crippen LogP contribution < -0.4 is 5.73 Å². The summed E-state index contributed by atoms with van der Waals surface area (Å²) in [4.78, 5) is 19.3. The van der Waals surface area contributed by atoms with Gasteiger partial charge in [-0.15, -0.1) is 11.3 Å². The van der Waals surface area contributed by atoms with Crippen molar-refractivity contribution in [2.24, 2.45) is 5.73 Å². The zero-order valence-electron chi connectivity index (χ0n) is 12.0. The van der Waals surface area contributed by atoms with Gasteiger partial charge in [0.2, 0.25) is 5.91 Å². The first-order valence-corrected chi connectivity index (χ1v) is 7.06. The predicted octanol–water partition coefficient (Wildman–Crippen LogP) is 2.44. The number of aryl methyl sites for hydroxylation is 1. The maximum absolute atomic E-state index is 11.9. The molecule has 1 amide bonds. The minimum Gasteiger partial charge on any atom is -0.337 e. The molecular formula is C13H23N3OS. The summed E-state index contributed by atoms with van der Waals surface area (Å²) in [6.07, 6.45) is 0. The van der Waals surface area contributed by atoms with E-state index in [2.05, 4.69) is 18.8 Å². The van der Waals surface area contributed by atoms with E-state index in [4.69, 9.17) is 5.73 Å². The predicted molar refractivity (Wildman–Crippen MR) is 75.8 cm³/mol. The standard InChI is InChI=1S/C13H23N3OS/c1-7(2)12-15-9(4)11(18-12)10(5)16(6)13(17)8(3)14/h7-8,10H,14H2,1-6H3. The molecule has 1 aromatic rings. The molecule has 2 unspecified atom stereocenters. The average molecular weight is 269 g/mol. The normalized spacial score (nSPS) is 14.7. The van der Waals surface area contributed by atoms with Crippen LogP contribution in [0.4, 0.5) is 0 Å². The maximum Gasteiger partial charge on any atom is 0.239 e. The van der Waals surface area contributed by atoms with Crippen molar-refractivity contribution in [2.75, 3.05) is 7.05 Å². The van der Waals surface area contributed by atoms with E-state index < -0.39 is 6.04 Å². The van der Waals surface area contributed by atoms with Crippen molar-refractivity contribution in [2.45, 2.75) is 52.6 Å². The molecule has 102 valence electrons. The van der Waals surface area contributed by atoms with Crippen molar-refractivity contribution in [3.63, 3.8) is 0 Å². The first-order valence-electron chi connectivity index (χ1n) is 6.25. The topological polar surface area (TPSA) is 59.2 Å². The summed E-state index contributed by atoms with van der Waals surface area (Å²) < 4.78 is 0. The van der Waals surface area contributed by atoms with E-state index in [1.165, 1.54) is 0 Å². The lowest BCUT2D eigenvalue weighted by Gasteiger charge is -2.26. The van der Waals surface area contributed by atoms with Crippen molar-refractivity contribution in [1.29, 1.82) is 0 Å². The van der Waals surface area contributed by atoms with Crippen LogP contribution in [0.25, 0.3) is 0 Å². The van der Waals surface area contributed by atoms with Crippen LogP contribution in [0.5, 0.6) is 0 Å². The Bertz CT molecular complexity index is 426. The molecule has 4 nitrogen and oxygen atoms in total. The minimum atomic E-state index is -0.463. The highest BCUT2D eigenvalue weighted by Crippen LogP contribution is 2.31. The first-order chi connectivity index (χ1) is 8.25. The van der Waals surface area contributed by atoms with Gasteiger partial charge in [-0.25, -0.2) is 4.98 Å². The Labute approximate surface area is 113 Å². The molecule has 2 N–H and O–H groups in total. The van der Waals surface area contributed by atoms with E-state index >= 15 is 0 Å². The molecule has 1 rings (SSSR count). The second-order valence-electron chi connectivity index (χ2n) is 5.07. The minimum absolute atomic E-state index is 0.0218. The lowest BCUT2D eigenvalue weighted by atomic mass is 10.2. The molecule has 0 bridgehead atoms. The Kier molecular flexibility index (Phi) is 4.87. The number of hydrogen-bond acceptors (Lipinski definition) is 4. The van der Waals surface area contributed by atoms with Gasteiger partial charge in [-0.05, 0) is 20.8 Å². The van der Waals surface area contributed by atoms with E-state index in [0.717, 1.165) is 15.6 Å². The van der Waals surface area contributed by atoms with Crippen LogP contribution in [0.15, 0.2) is 0 Å². The molecule has 5 heteroatoms. The van der Waals surface area contributed by atoms with Gasteiger partial charge < -0.3 is 10.6 Å². The molecule has 0 spiro atoms. The molecule has 0 aliphatic heterocycles. The number of likely N-dealkylation sites (N-methyl/N-ethyl adjacent to an activating group) is 1. The van der Waals surface area contributed by atoms with E-state index in [-0.39, 0.29) is 11.9 Å². The SMILES string of the molecule is Cc1nc(C(C)C)sc1C(C)N(C)C(=O)C(C)N. The number of thiazole rings is 1. The largest absolute Gasteiger partial charge is 0.337 e. The third kappa shape index (κ3) is 3.09. The number of aromatic nitrogens is 1. The van der Waals surface area contributed by atoms with Crippen molar-refractivity contribution >= 4 is 17.2 Å². The van der Waals surface area contributed by atoms with E-state index in [1.54, 1.807) is 30.2 Å². The molecule has 0 saturated heterocycles. The molecular weight excluding hydrogens is 246 g/mol. The van der Waals surface area contributed by atoms with Gasteiger partial charge in [-0.3, -0.25) is 4.79 Å². The summed E-state index contributed by atoms with van der Waals surface area (Å²) in [5, 5.41) is 1.12. The van der Waals surface area contributed by atoms with Gasteiger partial charge >= 0.3 is 0 Å². The highest BCUT2D eigenvalue weighted by Gasteiger charge is 2.24. The molecule has 0 aliphatic carbocycles. The van der Waals surface area contributed by atoms with Crippen LogP contribution in [0.3, 0.4) is 0 Å². The molecule has 1 heterocycles. The van der Waals surface area contributed by atoms with Gasteiger partial charge in [0.1, 0.15) is 0 Å². The molecule has 0 aromatic carbocycles. The van der Waals surface area contributed by atoms with Gasteiger partial charge in [-0.1, -0.05) is 13.8 Å². The second-order valence-corrected chi connectivity index (χ2v) is 6.13. The Hall–Kier alpha value is -0.940. The quantitative estimate of drug-likeness (QED) is 0.913. The summed E-state index contributed by atoms with van der Waals surface area (Å²) in [5.74, 6) is 0.380. The summed E-state index contributed by atoms with van der Waals surface area (Å²) in [6, 6.07) is -0.441. The summed E-state index contributed by atoms with van der Waals surface area (Å²) in [5.41, 5.74) is 6.66. The number of nitrogens with zero attached hydrogens (tertiary/aromatic N) is 2. The number of carbonyl (C=O) groups is 1. The van der Waals surface area contributed by atoms with Crippen molar-refractivity contribution in [3.05, 3.63) is 15.6 Å². The lowest BCUT2D eigenvalue weighted by molar-refractivity contribution is -0.132. The molecule has 2 atom stereocenters. The van der Waals surface area contributed by atoms with Crippen LogP contribution >= 0.6 is 11.3 Å². The molecule has 1 aromatic heterocycles. The second kappa shape index (κ2) is 5.80.